The molecule has 0 aliphatic carbocycles. The minimum Gasteiger partial charge on any atom is -0.484 e. The number of amides is 2. The van der Waals surface area contributed by atoms with Crippen LogP contribution in [0.1, 0.15) is 37.8 Å². The molecule has 0 radical (unpaired) electrons. The number of ether oxygens (including phenoxy) is 1. The monoisotopic (exact) mass is 416 g/mol. The Labute approximate surface area is 178 Å². The zero-order chi connectivity index (χ0) is 21.2. The van der Waals surface area contributed by atoms with E-state index in [2.05, 4.69) is 5.32 Å². The number of benzene rings is 2. The van der Waals surface area contributed by atoms with Crippen molar-refractivity contribution in [1.29, 1.82) is 0 Å². The summed E-state index contributed by atoms with van der Waals surface area (Å²) in [5.41, 5.74) is 1.84. The minimum atomic E-state index is -0.551. The number of halogens is 1. The quantitative estimate of drug-likeness (QED) is 0.626. The summed E-state index contributed by atoms with van der Waals surface area (Å²) in [7, 11) is 0. The average molecular weight is 417 g/mol. The van der Waals surface area contributed by atoms with Crippen molar-refractivity contribution in [2.24, 2.45) is 0 Å². The molecule has 5 nitrogen and oxygen atoms in total. The zero-order valence-electron chi connectivity index (χ0n) is 17.3. The number of aryl methyl sites for hydroxylation is 1. The largest absolute Gasteiger partial charge is 0.484 e. The highest BCUT2D eigenvalue weighted by molar-refractivity contribution is 6.31. The van der Waals surface area contributed by atoms with Gasteiger partial charge in [-0.1, -0.05) is 55.8 Å². The fraction of sp³-hybridized carbons (Fsp3) is 0.391. The first-order valence-electron chi connectivity index (χ1n) is 9.96. The third kappa shape index (κ3) is 6.79. The number of hydrogen-bond acceptors (Lipinski definition) is 3. The smallest absolute Gasteiger partial charge is 0.261 e. The van der Waals surface area contributed by atoms with Crippen LogP contribution >= 0.6 is 11.6 Å². The maximum Gasteiger partial charge on any atom is 0.261 e. The van der Waals surface area contributed by atoms with E-state index >= 15 is 0 Å². The van der Waals surface area contributed by atoms with Crippen LogP contribution in [0.25, 0.3) is 0 Å². The van der Waals surface area contributed by atoms with Crippen molar-refractivity contribution in [1.82, 2.24) is 10.2 Å². The van der Waals surface area contributed by atoms with Gasteiger partial charge < -0.3 is 15.0 Å². The van der Waals surface area contributed by atoms with Gasteiger partial charge in [0.2, 0.25) is 5.91 Å². The predicted octanol–water partition coefficient (Wildman–Crippen LogP) is 4.36. The Balaban J connectivity index is 2.16. The van der Waals surface area contributed by atoms with Crippen molar-refractivity contribution in [3.63, 3.8) is 0 Å². The van der Waals surface area contributed by atoms with Crippen molar-refractivity contribution < 1.29 is 14.3 Å². The maximum absolute atomic E-state index is 13.0. The number of carbonyl (C=O) groups is 2. The van der Waals surface area contributed by atoms with Gasteiger partial charge in [-0.2, -0.15) is 0 Å². The van der Waals surface area contributed by atoms with Crippen molar-refractivity contribution in [3.8, 4) is 5.75 Å². The van der Waals surface area contributed by atoms with Crippen molar-refractivity contribution in [2.45, 2.75) is 46.2 Å². The van der Waals surface area contributed by atoms with Crippen LogP contribution in [0, 0.1) is 6.92 Å². The molecule has 0 aliphatic heterocycles. The summed E-state index contributed by atoms with van der Waals surface area (Å²) in [5.74, 6) is 0.198. The number of rotatable bonds is 10. The van der Waals surface area contributed by atoms with Gasteiger partial charge >= 0.3 is 0 Å². The van der Waals surface area contributed by atoms with Crippen molar-refractivity contribution in [2.75, 3.05) is 13.2 Å². The van der Waals surface area contributed by atoms with E-state index in [1.165, 1.54) is 0 Å². The summed E-state index contributed by atoms with van der Waals surface area (Å²) in [6.45, 7) is 6.57. The van der Waals surface area contributed by atoms with Crippen LogP contribution in [0.2, 0.25) is 5.02 Å². The number of nitrogens with one attached hydrogen (secondary N) is 1. The summed E-state index contributed by atoms with van der Waals surface area (Å²) < 4.78 is 5.70. The second-order valence-electron chi connectivity index (χ2n) is 6.92. The highest BCUT2D eigenvalue weighted by Gasteiger charge is 2.28. The lowest BCUT2D eigenvalue weighted by molar-refractivity contribution is -0.143. The topological polar surface area (TPSA) is 58.6 Å². The molecule has 0 bridgehead atoms. The summed E-state index contributed by atoms with van der Waals surface area (Å²) in [6.07, 6.45) is 1.36. The minimum absolute atomic E-state index is 0.138. The summed E-state index contributed by atoms with van der Waals surface area (Å²) in [6, 6.07) is 14.4. The lowest BCUT2D eigenvalue weighted by Crippen LogP contribution is -2.50. The Morgan fingerprint density at radius 2 is 1.86 bits per heavy atom. The fourth-order valence-electron chi connectivity index (χ4n) is 3.00. The van der Waals surface area contributed by atoms with E-state index < -0.39 is 6.04 Å². The van der Waals surface area contributed by atoms with E-state index in [-0.39, 0.29) is 18.4 Å². The molecular weight excluding hydrogens is 388 g/mol. The Morgan fingerprint density at radius 1 is 1.14 bits per heavy atom. The summed E-state index contributed by atoms with van der Waals surface area (Å²) in [4.78, 5) is 27.3. The molecule has 0 spiro atoms. The van der Waals surface area contributed by atoms with Gasteiger partial charge in [0.15, 0.2) is 6.61 Å². The summed E-state index contributed by atoms with van der Waals surface area (Å²) >= 11 is 6.05. The Hall–Kier alpha value is -2.53. The maximum atomic E-state index is 13.0. The van der Waals surface area contributed by atoms with Crippen LogP contribution in [-0.4, -0.2) is 35.9 Å². The Bertz CT molecular complexity index is 811. The molecule has 0 saturated carbocycles. The second-order valence-corrected chi connectivity index (χ2v) is 7.33. The molecule has 2 aromatic rings. The van der Waals surface area contributed by atoms with Gasteiger partial charge in [-0.3, -0.25) is 9.59 Å². The molecule has 6 heteroatoms. The van der Waals surface area contributed by atoms with Gasteiger partial charge in [-0.25, -0.2) is 0 Å². The molecule has 1 N–H and O–H groups in total. The molecule has 0 saturated heterocycles. The molecular formula is C23H29ClN2O3. The lowest BCUT2D eigenvalue weighted by Gasteiger charge is -2.30. The van der Waals surface area contributed by atoms with Crippen LogP contribution in [0.4, 0.5) is 0 Å². The van der Waals surface area contributed by atoms with Gasteiger partial charge in [0.1, 0.15) is 11.8 Å². The van der Waals surface area contributed by atoms with E-state index in [0.717, 1.165) is 17.5 Å². The van der Waals surface area contributed by atoms with Gasteiger partial charge in [0, 0.05) is 18.1 Å². The predicted molar refractivity (Wildman–Crippen MR) is 116 cm³/mol. The fourth-order valence-corrected chi connectivity index (χ4v) is 3.12. The Kier molecular flexibility index (Phi) is 9.00. The van der Waals surface area contributed by atoms with Gasteiger partial charge in [-0.05, 0) is 49.1 Å². The normalized spacial score (nSPS) is 11.6. The van der Waals surface area contributed by atoms with Crippen LogP contribution in [-0.2, 0) is 16.1 Å². The molecule has 0 unspecified atom stereocenters. The molecule has 156 valence electrons. The van der Waals surface area contributed by atoms with Gasteiger partial charge in [0.05, 0.1) is 0 Å². The second kappa shape index (κ2) is 11.5. The van der Waals surface area contributed by atoms with E-state index in [0.29, 0.717) is 30.3 Å². The van der Waals surface area contributed by atoms with E-state index in [1.807, 2.05) is 51.1 Å². The zero-order valence-corrected chi connectivity index (χ0v) is 18.0. The molecule has 2 amide bonds. The third-order valence-electron chi connectivity index (χ3n) is 4.62. The molecule has 29 heavy (non-hydrogen) atoms. The number of nitrogens with zero attached hydrogens (tertiary/aromatic N) is 1. The SMILES string of the molecule is CCCNC(=O)[C@H](CC)N(Cc1ccccc1)C(=O)COc1ccc(Cl)c(C)c1. The average Bonchev–Trinajstić information content (AvgIpc) is 2.73. The van der Waals surface area contributed by atoms with Crippen molar-refractivity contribution >= 4 is 23.4 Å². The number of carbonyl (C=O) groups excluding carboxylic acids is 2. The molecule has 0 fully saturated rings. The summed E-state index contributed by atoms with van der Waals surface area (Å²) in [5, 5.41) is 3.55. The van der Waals surface area contributed by atoms with Crippen LogP contribution in [0.5, 0.6) is 5.75 Å². The molecule has 0 aromatic heterocycles. The molecule has 1 atom stereocenters. The van der Waals surface area contributed by atoms with E-state index in [1.54, 1.807) is 23.1 Å². The standard InChI is InChI=1S/C23H29ClN2O3/c1-4-13-25-23(28)21(5-2)26(15-18-9-7-6-8-10-18)22(27)16-29-19-11-12-20(24)17(3)14-19/h6-12,14,21H,4-5,13,15-16H2,1-3H3,(H,25,28)/t21-/m0/s1. The third-order valence-corrected chi connectivity index (χ3v) is 5.05. The molecule has 0 heterocycles. The van der Waals surface area contributed by atoms with E-state index in [4.69, 9.17) is 16.3 Å². The first-order chi connectivity index (χ1) is 14.0. The first kappa shape index (κ1) is 22.8. The molecule has 2 rings (SSSR count). The van der Waals surface area contributed by atoms with Crippen LogP contribution < -0.4 is 10.1 Å². The Morgan fingerprint density at radius 3 is 2.48 bits per heavy atom. The highest BCUT2D eigenvalue weighted by atomic mass is 35.5. The first-order valence-corrected chi connectivity index (χ1v) is 10.3. The number of hydrogen-bond donors (Lipinski definition) is 1. The van der Waals surface area contributed by atoms with Crippen LogP contribution in [0.3, 0.4) is 0 Å². The van der Waals surface area contributed by atoms with Gasteiger partial charge in [0.25, 0.3) is 5.91 Å². The highest BCUT2D eigenvalue weighted by Crippen LogP contribution is 2.21. The van der Waals surface area contributed by atoms with Gasteiger partial charge in [-0.15, -0.1) is 0 Å². The molecule has 2 aromatic carbocycles. The van der Waals surface area contributed by atoms with Crippen molar-refractivity contribution in [3.05, 3.63) is 64.7 Å². The van der Waals surface area contributed by atoms with E-state index in [9.17, 15) is 9.59 Å². The lowest BCUT2D eigenvalue weighted by atomic mass is 10.1. The molecule has 0 aliphatic rings. The van der Waals surface area contributed by atoms with Crippen LogP contribution in [0.15, 0.2) is 48.5 Å².